The molecule has 2 rings (SSSR count). The Labute approximate surface area is 107 Å². The van der Waals surface area contributed by atoms with Gasteiger partial charge in [0, 0.05) is 16.5 Å². The van der Waals surface area contributed by atoms with Crippen molar-refractivity contribution < 1.29 is 5.11 Å². The first kappa shape index (κ1) is 12.0. The van der Waals surface area contributed by atoms with Gasteiger partial charge >= 0.3 is 0 Å². The molecule has 0 aromatic heterocycles. The van der Waals surface area contributed by atoms with Crippen LogP contribution in [0.3, 0.4) is 0 Å². The van der Waals surface area contributed by atoms with Gasteiger partial charge < -0.3 is 5.11 Å². The van der Waals surface area contributed by atoms with Crippen LogP contribution in [0.5, 0.6) is 5.75 Å². The molecule has 0 aliphatic heterocycles. The molecule has 0 radical (unpaired) electrons. The second kappa shape index (κ2) is 4.80. The number of phenolic OH excluding ortho intramolecular Hbond substituents is 1. The van der Waals surface area contributed by atoms with Crippen molar-refractivity contribution in [2.45, 2.75) is 19.8 Å². The largest absolute Gasteiger partial charge is 0.508 e. The third kappa shape index (κ3) is 2.29. The van der Waals surface area contributed by atoms with E-state index in [4.69, 9.17) is 11.6 Å². The summed E-state index contributed by atoms with van der Waals surface area (Å²) in [5.41, 5.74) is 3.03. The fourth-order valence-corrected chi connectivity index (χ4v) is 2.31. The molecule has 1 N–H and O–H groups in total. The first-order valence-corrected chi connectivity index (χ1v) is 6.02. The van der Waals surface area contributed by atoms with Gasteiger partial charge in [-0.25, -0.2) is 0 Å². The van der Waals surface area contributed by atoms with Crippen LogP contribution in [0.4, 0.5) is 0 Å². The van der Waals surface area contributed by atoms with Gasteiger partial charge in [-0.15, -0.1) is 0 Å². The third-order valence-corrected chi connectivity index (χ3v) is 3.57. The molecule has 0 spiro atoms. The Morgan fingerprint density at radius 3 is 2.35 bits per heavy atom. The summed E-state index contributed by atoms with van der Waals surface area (Å²) in [6.07, 6.45) is 0. The molecule has 0 heterocycles. The maximum atomic E-state index is 9.99. The highest BCUT2D eigenvalue weighted by Gasteiger charge is 2.16. The van der Waals surface area contributed by atoms with Gasteiger partial charge in [0.2, 0.25) is 0 Å². The Morgan fingerprint density at radius 2 is 1.71 bits per heavy atom. The number of phenols is 1. The zero-order chi connectivity index (χ0) is 12.4. The van der Waals surface area contributed by atoms with E-state index in [0.29, 0.717) is 10.8 Å². The average Bonchev–Trinajstić information content (AvgIpc) is 2.35. The van der Waals surface area contributed by atoms with Crippen molar-refractivity contribution in [2.75, 3.05) is 0 Å². The Kier molecular flexibility index (Phi) is 3.39. The van der Waals surface area contributed by atoms with Crippen LogP contribution in [0.15, 0.2) is 42.5 Å². The maximum absolute atomic E-state index is 9.99. The molecule has 0 saturated heterocycles. The molecule has 1 atom stereocenters. The minimum atomic E-state index is 0.134. The fraction of sp³-hybridized carbons (Fsp3) is 0.200. The van der Waals surface area contributed by atoms with E-state index in [2.05, 4.69) is 19.1 Å². The van der Waals surface area contributed by atoms with E-state index in [-0.39, 0.29) is 5.92 Å². The second-order valence-corrected chi connectivity index (χ2v) is 4.64. The highest BCUT2D eigenvalue weighted by molar-refractivity contribution is 6.31. The molecule has 2 heteroatoms. The molecule has 0 saturated carbocycles. The number of rotatable bonds is 2. The predicted octanol–water partition coefficient (Wildman–Crippen LogP) is 4.51. The molecule has 88 valence electrons. The molecule has 0 bridgehead atoms. The van der Waals surface area contributed by atoms with Crippen LogP contribution >= 0.6 is 11.6 Å². The lowest BCUT2D eigenvalue weighted by Gasteiger charge is -2.17. The van der Waals surface area contributed by atoms with Crippen molar-refractivity contribution in [3.8, 4) is 5.75 Å². The van der Waals surface area contributed by atoms with E-state index in [1.54, 1.807) is 12.1 Å². The fourth-order valence-electron chi connectivity index (χ4n) is 2.14. The van der Waals surface area contributed by atoms with Crippen LogP contribution in [-0.2, 0) is 0 Å². The first-order chi connectivity index (χ1) is 8.11. The molecule has 2 aromatic rings. The van der Waals surface area contributed by atoms with Gasteiger partial charge in [0.15, 0.2) is 0 Å². The SMILES string of the molecule is Cc1c(Cl)ccc(O)c1C(C)c1ccccc1. The van der Waals surface area contributed by atoms with Crippen molar-refractivity contribution in [2.24, 2.45) is 0 Å². The molecular weight excluding hydrogens is 232 g/mol. The maximum Gasteiger partial charge on any atom is 0.119 e. The summed E-state index contributed by atoms with van der Waals surface area (Å²) in [7, 11) is 0. The van der Waals surface area contributed by atoms with Gasteiger partial charge in [-0.3, -0.25) is 0 Å². The zero-order valence-corrected chi connectivity index (χ0v) is 10.7. The van der Waals surface area contributed by atoms with E-state index in [0.717, 1.165) is 11.1 Å². The summed E-state index contributed by atoms with van der Waals surface area (Å²) in [5.74, 6) is 0.443. The van der Waals surface area contributed by atoms with E-state index in [1.165, 1.54) is 5.56 Å². The number of benzene rings is 2. The van der Waals surface area contributed by atoms with Crippen LogP contribution in [0, 0.1) is 6.92 Å². The van der Waals surface area contributed by atoms with Crippen LogP contribution in [0.2, 0.25) is 5.02 Å². The van der Waals surface area contributed by atoms with Gasteiger partial charge in [0.05, 0.1) is 0 Å². The van der Waals surface area contributed by atoms with E-state index in [9.17, 15) is 5.11 Å². The van der Waals surface area contributed by atoms with Gasteiger partial charge in [-0.05, 0) is 30.2 Å². The number of aromatic hydroxyl groups is 1. The summed E-state index contributed by atoms with van der Waals surface area (Å²) in [5, 5.41) is 10.7. The summed E-state index contributed by atoms with van der Waals surface area (Å²) in [6, 6.07) is 13.5. The number of halogens is 1. The summed E-state index contributed by atoms with van der Waals surface area (Å²) in [6.45, 7) is 4.02. The summed E-state index contributed by atoms with van der Waals surface area (Å²) < 4.78 is 0. The third-order valence-electron chi connectivity index (χ3n) is 3.16. The van der Waals surface area contributed by atoms with E-state index >= 15 is 0 Å². The monoisotopic (exact) mass is 246 g/mol. The van der Waals surface area contributed by atoms with Crippen molar-refractivity contribution >= 4 is 11.6 Å². The summed E-state index contributed by atoms with van der Waals surface area (Å²) in [4.78, 5) is 0. The van der Waals surface area contributed by atoms with Crippen molar-refractivity contribution in [1.82, 2.24) is 0 Å². The van der Waals surface area contributed by atoms with Gasteiger partial charge in [0.25, 0.3) is 0 Å². The Morgan fingerprint density at radius 1 is 1.06 bits per heavy atom. The Hall–Kier alpha value is -1.47. The van der Waals surface area contributed by atoms with E-state index < -0.39 is 0 Å². The molecule has 0 fully saturated rings. The Balaban J connectivity index is 2.51. The Bertz CT molecular complexity index is 520. The quantitative estimate of drug-likeness (QED) is 0.827. The minimum Gasteiger partial charge on any atom is -0.508 e. The predicted molar refractivity (Wildman–Crippen MR) is 71.8 cm³/mol. The lowest BCUT2D eigenvalue weighted by molar-refractivity contribution is 0.465. The average molecular weight is 247 g/mol. The highest BCUT2D eigenvalue weighted by Crippen LogP contribution is 2.36. The van der Waals surface area contributed by atoms with Crippen LogP contribution in [0.1, 0.15) is 29.5 Å². The van der Waals surface area contributed by atoms with Crippen molar-refractivity contribution in [1.29, 1.82) is 0 Å². The van der Waals surface area contributed by atoms with Gasteiger partial charge in [-0.2, -0.15) is 0 Å². The zero-order valence-electron chi connectivity index (χ0n) is 9.94. The highest BCUT2D eigenvalue weighted by atomic mass is 35.5. The molecular formula is C15H15ClO. The standard InChI is InChI=1S/C15H15ClO/c1-10(12-6-4-3-5-7-12)15-11(2)13(16)8-9-14(15)17/h3-10,17H,1-2H3. The smallest absolute Gasteiger partial charge is 0.119 e. The minimum absolute atomic E-state index is 0.134. The van der Waals surface area contributed by atoms with Crippen molar-refractivity contribution in [3.05, 3.63) is 64.2 Å². The van der Waals surface area contributed by atoms with E-state index in [1.807, 2.05) is 25.1 Å². The molecule has 0 amide bonds. The summed E-state index contributed by atoms with van der Waals surface area (Å²) >= 11 is 6.11. The lowest BCUT2D eigenvalue weighted by atomic mass is 9.89. The molecule has 1 nitrogen and oxygen atoms in total. The second-order valence-electron chi connectivity index (χ2n) is 4.24. The molecule has 0 aliphatic rings. The molecule has 2 aromatic carbocycles. The molecule has 0 aliphatic carbocycles. The first-order valence-electron chi connectivity index (χ1n) is 5.64. The number of hydrogen-bond donors (Lipinski definition) is 1. The molecule has 1 unspecified atom stereocenters. The topological polar surface area (TPSA) is 20.2 Å². The number of hydrogen-bond acceptors (Lipinski definition) is 1. The van der Waals surface area contributed by atoms with Crippen molar-refractivity contribution in [3.63, 3.8) is 0 Å². The lowest BCUT2D eigenvalue weighted by Crippen LogP contribution is -1.99. The molecule has 17 heavy (non-hydrogen) atoms. The van der Waals surface area contributed by atoms with Crippen LogP contribution in [0.25, 0.3) is 0 Å². The van der Waals surface area contributed by atoms with Crippen LogP contribution < -0.4 is 0 Å². The van der Waals surface area contributed by atoms with Gasteiger partial charge in [0.1, 0.15) is 5.75 Å². The van der Waals surface area contributed by atoms with Gasteiger partial charge in [-0.1, -0.05) is 48.9 Å². The normalized spacial score (nSPS) is 12.4. The van der Waals surface area contributed by atoms with Crippen LogP contribution in [-0.4, -0.2) is 5.11 Å².